The third-order valence-corrected chi connectivity index (χ3v) is 4.36. The van der Waals surface area contributed by atoms with Gasteiger partial charge in [-0.2, -0.15) is 5.26 Å². The lowest BCUT2D eigenvalue weighted by atomic mass is 10.1. The van der Waals surface area contributed by atoms with E-state index in [0.717, 1.165) is 34.3 Å². The summed E-state index contributed by atoms with van der Waals surface area (Å²) in [4.78, 5) is 0. The molecule has 0 atom stereocenters. The van der Waals surface area contributed by atoms with Gasteiger partial charge in [-0.3, -0.25) is 10.7 Å². The number of benzene rings is 2. The summed E-state index contributed by atoms with van der Waals surface area (Å²) in [6, 6.07) is 15.8. The van der Waals surface area contributed by atoms with Crippen molar-refractivity contribution in [2.75, 3.05) is 12.1 Å². The molecule has 3 rings (SSSR count). The molecule has 5 heteroatoms. The highest BCUT2D eigenvalue weighted by molar-refractivity contribution is 5.95. The topological polar surface area (TPSA) is 70.2 Å². The molecular formula is C21H23N3O2. The van der Waals surface area contributed by atoms with Crippen LogP contribution in [0.15, 0.2) is 42.5 Å². The van der Waals surface area contributed by atoms with Gasteiger partial charge in [-0.15, -0.1) is 0 Å². The second-order valence-corrected chi connectivity index (χ2v) is 6.52. The van der Waals surface area contributed by atoms with Crippen molar-refractivity contribution in [3.63, 3.8) is 0 Å². The van der Waals surface area contributed by atoms with E-state index in [1.165, 1.54) is 0 Å². The minimum absolute atomic E-state index is 0.173. The summed E-state index contributed by atoms with van der Waals surface area (Å²) in [6.07, 6.45) is 0.948. The van der Waals surface area contributed by atoms with E-state index in [1.807, 2.05) is 30.3 Å². The van der Waals surface area contributed by atoms with Crippen molar-refractivity contribution < 1.29 is 9.94 Å². The number of rotatable bonds is 6. The van der Waals surface area contributed by atoms with Gasteiger partial charge in [-0.1, -0.05) is 19.1 Å². The zero-order valence-electron chi connectivity index (χ0n) is 15.3. The first kappa shape index (κ1) is 17.8. The van der Waals surface area contributed by atoms with E-state index in [9.17, 15) is 5.26 Å². The average molecular weight is 349 g/mol. The second kappa shape index (κ2) is 7.51. The molecule has 0 amide bonds. The summed E-state index contributed by atoms with van der Waals surface area (Å²) < 4.78 is 7.96. The Balaban J connectivity index is 2.26. The normalized spacial score (nSPS) is 10.9. The number of anilines is 1. The minimum atomic E-state index is 0.173. The number of nitriles is 1. The molecule has 3 aromatic rings. The van der Waals surface area contributed by atoms with Gasteiger partial charge in [0.1, 0.15) is 11.8 Å². The Morgan fingerprint density at radius 3 is 2.50 bits per heavy atom. The average Bonchev–Trinajstić information content (AvgIpc) is 3.00. The van der Waals surface area contributed by atoms with Crippen molar-refractivity contribution in [3.8, 4) is 23.1 Å². The van der Waals surface area contributed by atoms with Gasteiger partial charge in [0, 0.05) is 17.5 Å². The lowest BCUT2D eigenvalue weighted by molar-refractivity contribution is 0.317. The number of hydrogen-bond donors (Lipinski definition) is 2. The predicted molar refractivity (Wildman–Crippen MR) is 104 cm³/mol. The molecule has 0 radical (unpaired) electrons. The molecule has 1 heterocycles. The lowest BCUT2D eigenvalue weighted by Crippen LogP contribution is -2.03. The molecule has 2 N–H and O–H groups in total. The summed E-state index contributed by atoms with van der Waals surface area (Å²) in [6.45, 7) is 6.95. The van der Waals surface area contributed by atoms with E-state index in [2.05, 4.69) is 36.9 Å². The van der Waals surface area contributed by atoms with Gasteiger partial charge in [-0.25, -0.2) is 0 Å². The van der Waals surface area contributed by atoms with Crippen molar-refractivity contribution in [2.45, 2.75) is 33.2 Å². The number of nitrogens with one attached hydrogen (secondary N) is 1. The fourth-order valence-electron chi connectivity index (χ4n) is 3.24. The third kappa shape index (κ3) is 3.12. The molecule has 0 saturated carbocycles. The Labute approximate surface area is 153 Å². The van der Waals surface area contributed by atoms with Crippen LogP contribution in [0.4, 0.5) is 5.69 Å². The fraction of sp³-hybridized carbons (Fsp3) is 0.286. The lowest BCUT2D eigenvalue weighted by Gasteiger charge is -2.16. The van der Waals surface area contributed by atoms with E-state index < -0.39 is 0 Å². The van der Waals surface area contributed by atoms with E-state index in [0.29, 0.717) is 17.9 Å². The van der Waals surface area contributed by atoms with Crippen LogP contribution in [0.25, 0.3) is 22.2 Å². The Bertz CT molecular complexity index is 950. The molecule has 0 fully saturated rings. The second-order valence-electron chi connectivity index (χ2n) is 6.52. The summed E-state index contributed by atoms with van der Waals surface area (Å²) in [7, 11) is 0. The van der Waals surface area contributed by atoms with Crippen LogP contribution in [0.2, 0.25) is 0 Å². The van der Waals surface area contributed by atoms with Crippen LogP contribution in [0.1, 0.15) is 38.8 Å². The SMILES string of the molecule is CCCOc1ccc2c(C#N)c(-c3ccc(NO)cc3)n(C(C)C)c2c1. The van der Waals surface area contributed by atoms with Gasteiger partial charge in [-0.05, 0) is 50.1 Å². The Hall–Kier alpha value is -2.97. The summed E-state index contributed by atoms with van der Waals surface area (Å²) in [5.41, 5.74) is 6.20. The Morgan fingerprint density at radius 1 is 1.19 bits per heavy atom. The quantitative estimate of drug-likeness (QED) is 0.588. The maximum absolute atomic E-state index is 9.84. The van der Waals surface area contributed by atoms with Crippen molar-refractivity contribution in [2.24, 2.45) is 0 Å². The first-order valence-electron chi connectivity index (χ1n) is 8.82. The highest BCUT2D eigenvalue weighted by atomic mass is 16.5. The van der Waals surface area contributed by atoms with Gasteiger partial charge >= 0.3 is 0 Å². The summed E-state index contributed by atoms with van der Waals surface area (Å²) in [5.74, 6) is 0.814. The van der Waals surface area contributed by atoms with E-state index in [4.69, 9.17) is 9.94 Å². The van der Waals surface area contributed by atoms with Crippen molar-refractivity contribution in [1.82, 2.24) is 4.57 Å². The van der Waals surface area contributed by atoms with Crippen LogP contribution in [-0.4, -0.2) is 16.4 Å². The maximum atomic E-state index is 9.84. The largest absolute Gasteiger partial charge is 0.494 e. The van der Waals surface area contributed by atoms with E-state index in [1.54, 1.807) is 12.1 Å². The smallest absolute Gasteiger partial charge is 0.121 e. The molecule has 134 valence electrons. The summed E-state index contributed by atoms with van der Waals surface area (Å²) in [5, 5.41) is 19.8. The number of nitrogens with zero attached hydrogens (tertiary/aromatic N) is 2. The summed E-state index contributed by atoms with van der Waals surface area (Å²) >= 11 is 0. The maximum Gasteiger partial charge on any atom is 0.121 e. The standard InChI is InChI=1S/C21H23N3O2/c1-4-11-26-17-9-10-18-19(13-22)21(24(14(2)3)20(18)12-17)15-5-7-16(23-25)8-6-15/h5-10,12,14,23,25H,4,11H2,1-3H3. The fourth-order valence-corrected chi connectivity index (χ4v) is 3.24. The molecule has 0 aliphatic carbocycles. The molecular weight excluding hydrogens is 326 g/mol. The van der Waals surface area contributed by atoms with Crippen LogP contribution in [0.3, 0.4) is 0 Å². The zero-order chi connectivity index (χ0) is 18.7. The van der Waals surface area contributed by atoms with Crippen LogP contribution in [0, 0.1) is 11.3 Å². The number of ether oxygens (including phenoxy) is 1. The molecule has 5 nitrogen and oxygen atoms in total. The van der Waals surface area contributed by atoms with E-state index >= 15 is 0 Å². The molecule has 2 aromatic carbocycles. The molecule has 0 unspecified atom stereocenters. The van der Waals surface area contributed by atoms with Gasteiger partial charge in [0.05, 0.1) is 29.1 Å². The third-order valence-electron chi connectivity index (χ3n) is 4.36. The van der Waals surface area contributed by atoms with Crippen LogP contribution in [-0.2, 0) is 0 Å². The van der Waals surface area contributed by atoms with Gasteiger partial charge in [0.25, 0.3) is 0 Å². The predicted octanol–water partition coefficient (Wildman–Crippen LogP) is 5.35. The Kier molecular flexibility index (Phi) is 5.15. The molecule has 1 aromatic heterocycles. The molecule has 26 heavy (non-hydrogen) atoms. The molecule has 0 bridgehead atoms. The highest BCUT2D eigenvalue weighted by Gasteiger charge is 2.20. The minimum Gasteiger partial charge on any atom is -0.494 e. The van der Waals surface area contributed by atoms with Gasteiger partial charge < -0.3 is 9.30 Å². The first-order chi connectivity index (χ1) is 12.6. The zero-order valence-corrected chi connectivity index (χ0v) is 15.3. The van der Waals surface area contributed by atoms with Gasteiger partial charge in [0.15, 0.2) is 0 Å². The molecule has 0 aliphatic rings. The number of aromatic nitrogens is 1. The Morgan fingerprint density at radius 2 is 1.92 bits per heavy atom. The number of hydrogen-bond acceptors (Lipinski definition) is 4. The molecule has 0 spiro atoms. The van der Waals surface area contributed by atoms with Crippen LogP contribution in [0.5, 0.6) is 5.75 Å². The van der Waals surface area contributed by atoms with Crippen LogP contribution >= 0.6 is 0 Å². The number of fused-ring (bicyclic) bond motifs is 1. The molecule has 0 saturated heterocycles. The van der Waals surface area contributed by atoms with Crippen molar-refractivity contribution in [1.29, 1.82) is 5.26 Å². The van der Waals surface area contributed by atoms with Crippen LogP contribution < -0.4 is 10.2 Å². The monoisotopic (exact) mass is 349 g/mol. The van der Waals surface area contributed by atoms with Crippen molar-refractivity contribution >= 4 is 16.6 Å². The highest BCUT2D eigenvalue weighted by Crippen LogP contribution is 2.37. The first-order valence-corrected chi connectivity index (χ1v) is 8.82. The van der Waals surface area contributed by atoms with Gasteiger partial charge in [0.2, 0.25) is 0 Å². The van der Waals surface area contributed by atoms with E-state index in [-0.39, 0.29) is 6.04 Å². The van der Waals surface area contributed by atoms with Crippen molar-refractivity contribution in [3.05, 3.63) is 48.0 Å². The molecule has 0 aliphatic heterocycles.